The molecule has 28 heavy (non-hydrogen) atoms. The van der Waals surface area contributed by atoms with E-state index >= 15 is 0 Å². The third-order valence-electron chi connectivity index (χ3n) is 6.44. The number of aliphatic hydroxyl groups is 2. The molecule has 0 aromatic carbocycles. The van der Waals surface area contributed by atoms with E-state index in [1.54, 1.807) is 13.0 Å². The zero-order valence-electron chi connectivity index (χ0n) is 17.2. The van der Waals surface area contributed by atoms with Crippen molar-refractivity contribution in [1.82, 2.24) is 0 Å². The van der Waals surface area contributed by atoms with Crippen molar-refractivity contribution in [3.63, 3.8) is 0 Å². The van der Waals surface area contributed by atoms with Crippen molar-refractivity contribution in [2.24, 2.45) is 11.8 Å². The summed E-state index contributed by atoms with van der Waals surface area (Å²) in [5.74, 6) is -0.915. The summed E-state index contributed by atoms with van der Waals surface area (Å²) in [4.78, 5) is 25.3. The summed E-state index contributed by atoms with van der Waals surface area (Å²) in [6.07, 6.45) is 2.72. The van der Waals surface area contributed by atoms with Crippen molar-refractivity contribution < 1.29 is 29.3 Å². The molecule has 156 valence electrons. The molecule has 1 saturated heterocycles. The Morgan fingerprint density at radius 3 is 2.71 bits per heavy atom. The Kier molecular flexibility index (Phi) is 6.01. The molecule has 1 fully saturated rings. The van der Waals surface area contributed by atoms with Gasteiger partial charge in [0.2, 0.25) is 0 Å². The lowest BCUT2D eigenvalue weighted by Crippen LogP contribution is -2.38. The van der Waals surface area contributed by atoms with Gasteiger partial charge in [-0.3, -0.25) is 4.79 Å². The van der Waals surface area contributed by atoms with Gasteiger partial charge in [0.05, 0.1) is 29.3 Å². The third kappa shape index (κ3) is 4.03. The average molecular weight is 392 g/mol. The van der Waals surface area contributed by atoms with E-state index in [0.29, 0.717) is 30.4 Å². The largest absolute Gasteiger partial charge is 0.511 e. The Morgan fingerprint density at radius 1 is 1.32 bits per heavy atom. The molecule has 0 radical (unpaired) electrons. The van der Waals surface area contributed by atoms with E-state index in [1.807, 2.05) is 20.8 Å². The number of hydrogen-bond donors (Lipinski definition) is 2. The molecule has 6 unspecified atom stereocenters. The second-order valence-corrected chi connectivity index (χ2v) is 8.88. The van der Waals surface area contributed by atoms with Crippen LogP contribution in [0.3, 0.4) is 0 Å². The first-order chi connectivity index (χ1) is 13.1. The minimum absolute atomic E-state index is 0.00158. The molecular weight excluding hydrogens is 360 g/mol. The minimum atomic E-state index is -0.859. The maximum atomic E-state index is 12.7. The number of ether oxygens (including phenoxy) is 2. The van der Waals surface area contributed by atoms with Crippen LogP contribution < -0.4 is 0 Å². The van der Waals surface area contributed by atoms with Crippen LogP contribution in [-0.2, 0) is 19.1 Å². The number of rotatable bonds is 2. The van der Waals surface area contributed by atoms with Crippen LogP contribution >= 0.6 is 0 Å². The summed E-state index contributed by atoms with van der Waals surface area (Å²) >= 11 is 0. The zero-order chi connectivity index (χ0) is 20.6. The Hall–Kier alpha value is -1.66. The monoisotopic (exact) mass is 392 g/mol. The minimum Gasteiger partial charge on any atom is -0.511 e. The molecule has 0 saturated carbocycles. The van der Waals surface area contributed by atoms with Crippen molar-refractivity contribution in [3.8, 4) is 0 Å². The van der Waals surface area contributed by atoms with E-state index < -0.39 is 29.9 Å². The van der Waals surface area contributed by atoms with Gasteiger partial charge < -0.3 is 19.7 Å². The molecular formula is C22H32O6. The molecule has 0 spiro atoms. The molecule has 6 heteroatoms. The molecule has 4 aliphatic heterocycles. The fourth-order valence-corrected chi connectivity index (χ4v) is 4.88. The molecule has 0 amide bonds. The lowest BCUT2D eigenvalue weighted by Gasteiger charge is -2.33. The van der Waals surface area contributed by atoms with E-state index in [4.69, 9.17) is 9.47 Å². The van der Waals surface area contributed by atoms with Gasteiger partial charge in [-0.05, 0) is 57.1 Å². The summed E-state index contributed by atoms with van der Waals surface area (Å²) in [6.45, 7) is 7.66. The van der Waals surface area contributed by atoms with Crippen LogP contribution in [0, 0.1) is 11.8 Å². The van der Waals surface area contributed by atoms with E-state index in [2.05, 4.69) is 0 Å². The van der Waals surface area contributed by atoms with Crippen LogP contribution in [0.5, 0.6) is 0 Å². The summed E-state index contributed by atoms with van der Waals surface area (Å²) in [6, 6.07) is 0. The fourth-order valence-electron chi connectivity index (χ4n) is 4.88. The van der Waals surface area contributed by atoms with Crippen molar-refractivity contribution in [2.45, 2.75) is 90.1 Å². The number of allylic oxidation sites excluding steroid dienone is 1. The number of hydrogen-bond acceptors (Lipinski definition) is 6. The van der Waals surface area contributed by atoms with E-state index in [9.17, 15) is 19.8 Å². The van der Waals surface area contributed by atoms with Gasteiger partial charge in [0.25, 0.3) is 0 Å². The van der Waals surface area contributed by atoms with Crippen LogP contribution in [0.15, 0.2) is 23.0 Å². The van der Waals surface area contributed by atoms with Gasteiger partial charge in [-0.25, -0.2) is 4.79 Å². The Morgan fingerprint density at radius 2 is 2.04 bits per heavy atom. The molecule has 0 aromatic rings. The number of ketones is 1. The molecule has 4 aliphatic rings. The van der Waals surface area contributed by atoms with E-state index in [-0.39, 0.29) is 29.8 Å². The second kappa shape index (κ2) is 7.99. The molecule has 4 bridgehead atoms. The normalized spacial score (nSPS) is 39.6. The SMILES string of the molecule is CCCC1C(O)=C2CCC3(C)CC(C)C(O3)C(O)C=C(C)C(=O)CC1OC2=O. The topological polar surface area (TPSA) is 93.1 Å². The highest BCUT2D eigenvalue weighted by atomic mass is 16.5. The molecule has 2 N–H and O–H groups in total. The first-order valence-corrected chi connectivity index (χ1v) is 10.4. The van der Waals surface area contributed by atoms with Crippen LogP contribution in [-0.4, -0.2) is 45.9 Å². The third-order valence-corrected chi connectivity index (χ3v) is 6.44. The maximum Gasteiger partial charge on any atom is 0.337 e. The smallest absolute Gasteiger partial charge is 0.337 e. The lowest BCUT2D eigenvalue weighted by atomic mass is 9.84. The van der Waals surface area contributed by atoms with Crippen LogP contribution in [0.25, 0.3) is 0 Å². The summed E-state index contributed by atoms with van der Waals surface area (Å²) in [7, 11) is 0. The quantitative estimate of drug-likeness (QED) is 0.700. The number of carbonyl (C=O) groups is 2. The van der Waals surface area contributed by atoms with Crippen LogP contribution in [0.1, 0.15) is 66.2 Å². The number of carbonyl (C=O) groups excluding carboxylic acids is 2. The van der Waals surface area contributed by atoms with Gasteiger partial charge in [0.1, 0.15) is 11.9 Å². The number of esters is 1. The van der Waals surface area contributed by atoms with Crippen molar-refractivity contribution in [1.29, 1.82) is 0 Å². The molecule has 4 rings (SSSR count). The molecule has 0 aromatic heterocycles. The highest BCUT2D eigenvalue weighted by molar-refractivity contribution is 5.96. The Balaban J connectivity index is 2.01. The van der Waals surface area contributed by atoms with Crippen molar-refractivity contribution >= 4 is 11.8 Å². The second-order valence-electron chi connectivity index (χ2n) is 8.88. The van der Waals surface area contributed by atoms with Crippen molar-refractivity contribution in [2.75, 3.05) is 0 Å². The first kappa shape index (κ1) is 21.1. The number of Topliss-reactive ketones (excluding diaryl/α,β-unsaturated/α-hetero) is 1. The lowest BCUT2D eigenvalue weighted by molar-refractivity contribution is -0.152. The number of aliphatic hydroxyl groups excluding tert-OH is 2. The van der Waals surface area contributed by atoms with Gasteiger partial charge in [-0.1, -0.05) is 20.3 Å². The standard InChI is InChI=1S/C22H32O6/c1-5-6-14-18-10-16(23)12(2)9-17(24)20-13(3)11-22(4,28-20)8-7-15(19(14)25)21(26)27-18/h9,13-14,17-18,20,24-25H,5-8,10-11H2,1-4H3. The molecule has 4 heterocycles. The highest BCUT2D eigenvalue weighted by Gasteiger charge is 2.45. The van der Waals surface area contributed by atoms with Crippen LogP contribution in [0.2, 0.25) is 0 Å². The summed E-state index contributed by atoms with van der Waals surface area (Å²) in [5.41, 5.74) is 0.216. The van der Waals surface area contributed by atoms with E-state index in [1.165, 1.54) is 0 Å². The maximum absolute atomic E-state index is 12.7. The zero-order valence-corrected chi connectivity index (χ0v) is 17.2. The fraction of sp³-hybridized carbons (Fsp3) is 0.727. The van der Waals surface area contributed by atoms with Gasteiger partial charge in [0, 0.05) is 6.42 Å². The molecule has 6 atom stereocenters. The molecule has 0 aliphatic carbocycles. The molecule has 6 nitrogen and oxygen atoms in total. The summed E-state index contributed by atoms with van der Waals surface area (Å²) < 4.78 is 11.8. The number of fused-ring (bicyclic) bond motifs is 6. The summed E-state index contributed by atoms with van der Waals surface area (Å²) in [5, 5.41) is 21.5. The van der Waals surface area contributed by atoms with E-state index in [0.717, 1.165) is 12.8 Å². The Labute approximate surface area is 166 Å². The van der Waals surface area contributed by atoms with Gasteiger partial charge in [0.15, 0.2) is 5.78 Å². The van der Waals surface area contributed by atoms with Crippen LogP contribution in [0.4, 0.5) is 0 Å². The predicted octanol–water partition coefficient (Wildman–Crippen LogP) is 3.38. The van der Waals surface area contributed by atoms with Gasteiger partial charge in [-0.2, -0.15) is 0 Å². The van der Waals surface area contributed by atoms with Crippen molar-refractivity contribution in [3.05, 3.63) is 23.0 Å². The Bertz CT molecular complexity index is 708. The van der Waals surface area contributed by atoms with Gasteiger partial charge >= 0.3 is 5.97 Å². The highest BCUT2D eigenvalue weighted by Crippen LogP contribution is 2.42. The first-order valence-electron chi connectivity index (χ1n) is 10.4. The predicted molar refractivity (Wildman–Crippen MR) is 104 cm³/mol. The average Bonchev–Trinajstić information content (AvgIpc) is 2.92. The van der Waals surface area contributed by atoms with Gasteiger partial charge in [-0.15, -0.1) is 0 Å².